The third kappa shape index (κ3) is 3.41. The van der Waals surface area contributed by atoms with Crippen LogP contribution in [0.15, 0.2) is 57.4 Å². The summed E-state index contributed by atoms with van der Waals surface area (Å²) in [6.45, 7) is 1.66. The first kappa shape index (κ1) is 18.3. The van der Waals surface area contributed by atoms with Crippen LogP contribution < -0.4 is 4.72 Å². The second kappa shape index (κ2) is 6.84. The van der Waals surface area contributed by atoms with E-state index >= 15 is 0 Å². The number of hydrogen-bond donors (Lipinski definition) is 1. The van der Waals surface area contributed by atoms with Crippen LogP contribution in [0, 0.1) is 18.6 Å². The normalized spacial score (nSPS) is 11.7. The molecule has 3 aromatic heterocycles. The molecule has 0 aliphatic heterocycles. The van der Waals surface area contributed by atoms with Crippen LogP contribution in [0.2, 0.25) is 0 Å². The number of aromatic nitrogens is 3. The zero-order chi connectivity index (χ0) is 19.9. The lowest BCUT2D eigenvalue weighted by Crippen LogP contribution is -2.17. The van der Waals surface area contributed by atoms with Gasteiger partial charge in [0.25, 0.3) is 10.0 Å². The summed E-state index contributed by atoms with van der Waals surface area (Å²) in [6.07, 6.45) is 1.51. The molecule has 0 saturated carbocycles. The minimum atomic E-state index is -4.39. The summed E-state index contributed by atoms with van der Waals surface area (Å²) in [4.78, 5) is 3.59. The van der Waals surface area contributed by atoms with Crippen LogP contribution in [-0.4, -0.2) is 23.2 Å². The molecule has 0 bridgehead atoms. The highest BCUT2D eigenvalue weighted by atomic mass is 32.2. The highest BCUT2D eigenvalue weighted by Gasteiger charge is 2.23. The molecule has 0 unspecified atom stereocenters. The van der Waals surface area contributed by atoms with E-state index in [4.69, 9.17) is 4.42 Å². The van der Waals surface area contributed by atoms with Crippen LogP contribution in [0.25, 0.3) is 16.6 Å². The maximum absolute atomic E-state index is 13.9. The number of thiazole rings is 1. The van der Waals surface area contributed by atoms with Crippen LogP contribution in [0.4, 0.5) is 14.6 Å². The second-order valence-electron chi connectivity index (χ2n) is 5.76. The van der Waals surface area contributed by atoms with Crippen molar-refractivity contribution in [3.05, 3.63) is 65.4 Å². The zero-order valence-corrected chi connectivity index (χ0v) is 15.9. The Morgan fingerprint density at radius 2 is 2.04 bits per heavy atom. The van der Waals surface area contributed by atoms with Crippen LogP contribution in [0.3, 0.4) is 0 Å². The number of halogens is 2. The van der Waals surface area contributed by atoms with Crippen molar-refractivity contribution in [1.29, 1.82) is 0 Å². The van der Waals surface area contributed by atoms with E-state index in [0.717, 1.165) is 12.1 Å². The summed E-state index contributed by atoms with van der Waals surface area (Å²) in [5.41, 5.74) is 1.07. The lowest BCUT2D eigenvalue weighted by molar-refractivity contribution is 0.555. The molecule has 4 aromatic rings. The van der Waals surface area contributed by atoms with E-state index in [1.807, 2.05) is 0 Å². The molecular weight excluding hydrogens is 410 g/mol. The van der Waals surface area contributed by atoms with Gasteiger partial charge >= 0.3 is 0 Å². The van der Waals surface area contributed by atoms with E-state index in [0.29, 0.717) is 28.3 Å². The molecule has 7 nitrogen and oxygen atoms in total. The van der Waals surface area contributed by atoms with Crippen LogP contribution in [0.1, 0.15) is 5.69 Å². The number of nitrogens with one attached hydrogen (secondary N) is 1. The molecule has 0 fully saturated rings. The zero-order valence-electron chi connectivity index (χ0n) is 14.3. The van der Waals surface area contributed by atoms with E-state index in [1.54, 1.807) is 24.4 Å². The Morgan fingerprint density at radius 3 is 2.79 bits per heavy atom. The first-order valence-corrected chi connectivity index (χ1v) is 10.2. The van der Waals surface area contributed by atoms with Crippen molar-refractivity contribution in [3.63, 3.8) is 0 Å². The van der Waals surface area contributed by atoms with Gasteiger partial charge in [-0.1, -0.05) is 0 Å². The van der Waals surface area contributed by atoms with Crippen LogP contribution in [0.5, 0.6) is 0 Å². The lowest BCUT2D eigenvalue weighted by atomic mass is 10.3. The minimum Gasteiger partial charge on any atom is -0.463 e. The Balaban J connectivity index is 1.72. The van der Waals surface area contributed by atoms with Gasteiger partial charge in [0.2, 0.25) is 5.13 Å². The molecule has 144 valence electrons. The SMILES string of the molecule is Cc1cc(NS(=O)(=O)c2cc(F)ccc2F)n(-c2nc(-c3ccco3)cs2)n1. The van der Waals surface area contributed by atoms with Crippen LogP contribution in [-0.2, 0) is 10.0 Å². The van der Waals surface area contributed by atoms with Crippen molar-refractivity contribution in [2.45, 2.75) is 11.8 Å². The lowest BCUT2D eigenvalue weighted by Gasteiger charge is -2.09. The predicted molar refractivity (Wildman–Crippen MR) is 98.8 cm³/mol. The smallest absolute Gasteiger partial charge is 0.266 e. The molecule has 11 heteroatoms. The summed E-state index contributed by atoms with van der Waals surface area (Å²) in [5.74, 6) is -1.34. The number of benzene rings is 1. The number of hydrogen-bond acceptors (Lipinski definition) is 6. The van der Waals surface area contributed by atoms with E-state index in [1.165, 1.54) is 28.3 Å². The van der Waals surface area contributed by atoms with Crippen molar-refractivity contribution >= 4 is 27.2 Å². The summed E-state index contributed by atoms with van der Waals surface area (Å²) < 4.78 is 61.3. The van der Waals surface area contributed by atoms with Gasteiger partial charge < -0.3 is 4.42 Å². The fraction of sp³-hybridized carbons (Fsp3) is 0.0588. The number of rotatable bonds is 5. The quantitative estimate of drug-likeness (QED) is 0.526. The van der Waals surface area contributed by atoms with Gasteiger partial charge in [-0.2, -0.15) is 9.78 Å². The Morgan fingerprint density at radius 1 is 1.21 bits per heavy atom. The van der Waals surface area contributed by atoms with Gasteiger partial charge in [-0.15, -0.1) is 11.3 Å². The first-order valence-electron chi connectivity index (χ1n) is 7.88. The maximum Gasteiger partial charge on any atom is 0.266 e. The van der Waals surface area contributed by atoms with Crippen molar-refractivity contribution < 1.29 is 21.6 Å². The molecule has 4 rings (SSSR count). The summed E-state index contributed by atoms with van der Waals surface area (Å²) in [7, 11) is -4.39. The molecule has 1 aromatic carbocycles. The fourth-order valence-corrected chi connectivity index (χ4v) is 4.39. The summed E-state index contributed by atoms with van der Waals surface area (Å²) in [5, 5.41) is 6.34. The number of anilines is 1. The van der Waals surface area contributed by atoms with E-state index < -0.39 is 26.6 Å². The molecule has 1 N–H and O–H groups in total. The topological polar surface area (TPSA) is 90.0 Å². The van der Waals surface area contributed by atoms with Gasteiger partial charge in [-0.3, -0.25) is 4.72 Å². The minimum absolute atomic E-state index is 0.0431. The molecule has 0 aliphatic carbocycles. The Labute approximate surface area is 162 Å². The monoisotopic (exact) mass is 422 g/mol. The number of aryl methyl sites for hydroxylation is 1. The average molecular weight is 422 g/mol. The molecule has 0 spiro atoms. The van der Waals surface area contributed by atoms with Crippen molar-refractivity contribution in [3.8, 4) is 16.6 Å². The third-order valence-corrected chi connectivity index (χ3v) is 5.89. The Hall–Kier alpha value is -3.05. The fourth-order valence-electron chi connectivity index (χ4n) is 2.49. The molecule has 0 amide bonds. The number of sulfonamides is 1. The average Bonchev–Trinajstić information content (AvgIpc) is 3.36. The Bertz CT molecular complexity index is 1250. The first-order chi connectivity index (χ1) is 13.3. The molecule has 0 radical (unpaired) electrons. The summed E-state index contributed by atoms with van der Waals surface area (Å²) >= 11 is 1.22. The summed E-state index contributed by atoms with van der Waals surface area (Å²) in [6, 6.07) is 7.13. The molecule has 3 heterocycles. The van der Waals surface area contributed by atoms with Crippen LogP contribution >= 0.6 is 11.3 Å². The molecule has 28 heavy (non-hydrogen) atoms. The van der Waals surface area contributed by atoms with Crippen molar-refractivity contribution in [2.24, 2.45) is 0 Å². The van der Waals surface area contributed by atoms with Crippen molar-refractivity contribution in [2.75, 3.05) is 4.72 Å². The number of furan rings is 1. The van der Waals surface area contributed by atoms with Gasteiger partial charge in [0.1, 0.15) is 28.0 Å². The van der Waals surface area contributed by atoms with E-state index in [2.05, 4.69) is 14.8 Å². The number of nitrogens with zero attached hydrogens (tertiary/aromatic N) is 3. The Kier molecular flexibility index (Phi) is 4.47. The highest BCUT2D eigenvalue weighted by Crippen LogP contribution is 2.28. The third-order valence-electron chi connectivity index (χ3n) is 3.70. The van der Waals surface area contributed by atoms with Gasteiger partial charge in [-0.25, -0.2) is 22.2 Å². The second-order valence-corrected chi connectivity index (χ2v) is 8.24. The van der Waals surface area contributed by atoms with Gasteiger partial charge in [0, 0.05) is 11.4 Å². The van der Waals surface area contributed by atoms with E-state index in [9.17, 15) is 17.2 Å². The molecular formula is C17H12F2N4O3S2. The molecule has 0 saturated heterocycles. The van der Waals surface area contributed by atoms with Gasteiger partial charge in [-0.05, 0) is 37.3 Å². The predicted octanol–water partition coefficient (Wildman–Crippen LogP) is 3.98. The molecule has 0 atom stereocenters. The largest absolute Gasteiger partial charge is 0.463 e. The van der Waals surface area contributed by atoms with E-state index in [-0.39, 0.29) is 5.82 Å². The van der Waals surface area contributed by atoms with Crippen molar-refractivity contribution in [1.82, 2.24) is 14.8 Å². The van der Waals surface area contributed by atoms with Gasteiger partial charge in [0.15, 0.2) is 5.76 Å². The molecule has 0 aliphatic rings. The maximum atomic E-state index is 13.9. The highest BCUT2D eigenvalue weighted by molar-refractivity contribution is 7.92. The standard InChI is InChI=1S/C17H12F2N4O3S2/c1-10-7-16(22-28(24,25)15-8-11(18)4-5-12(15)19)23(21-10)17-20-13(9-27-17)14-3-2-6-26-14/h2-9,22H,1H3. The van der Waals surface area contributed by atoms with Gasteiger partial charge in [0.05, 0.1) is 12.0 Å².